The maximum absolute atomic E-state index is 11.4. The number of nitrogens with zero attached hydrogens (tertiary/aromatic N) is 4. The zero-order valence-corrected chi connectivity index (χ0v) is 12.7. The van der Waals surface area contributed by atoms with Gasteiger partial charge in [0.05, 0.1) is 0 Å². The minimum Gasteiger partial charge on any atom is -0.505 e. The first-order chi connectivity index (χ1) is 11.4. The number of phenols is 1. The van der Waals surface area contributed by atoms with E-state index in [1.165, 1.54) is 24.8 Å². The minimum absolute atomic E-state index is 0.243. The molecule has 10 nitrogen and oxygen atoms in total. The van der Waals surface area contributed by atoms with Gasteiger partial charge in [-0.05, 0) is 23.6 Å². The summed E-state index contributed by atoms with van der Waals surface area (Å²) >= 11 is 0. The quantitative estimate of drug-likeness (QED) is 0.413. The van der Waals surface area contributed by atoms with Crippen LogP contribution in [0.1, 0.15) is 0 Å². The summed E-state index contributed by atoms with van der Waals surface area (Å²) in [6.07, 6.45) is 2.62. The van der Waals surface area contributed by atoms with Crippen molar-refractivity contribution in [3.05, 3.63) is 36.9 Å². The van der Waals surface area contributed by atoms with Crippen LogP contribution in [-0.2, 0) is 10.1 Å². The van der Waals surface area contributed by atoms with Crippen LogP contribution >= 0.6 is 0 Å². The number of aromatic nitrogens is 3. The molecule has 1 heterocycles. The fourth-order valence-electron chi connectivity index (χ4n) is 2.16. The maximum atomic E-state index is 11.4. The zero-order chi connectivity index (χ0) is 17.3. The summed E-state index contributed by atoms with van der Waals surface area (Å²) in [6, 6.07) is 5.78. The molecule has 1 aromatic heterocycles. The molecule has 0 aliphatic carbocycles. The van der Waals surface area contributed by atoms with E-state index < -0.39 is 26.5 Å². The molecule has 0 bridgehead atoms. The molecule has 2 aromatic carbocycles. The van der Waals surface area contributed by atoms with Crippen molar-refractivity contribution in [2.24, 2.45) is 5.11 Å². The van der Waals surface area contributed by atoms with Crippen molar-refractivity contribution in [2.75, 3.05) is 5.32 Å². The first kappa shape index (κ1) is 15.7. The van der Waals surface area contributed by atoms with E-state index in [0.29, 0.717) is 11.1 Å². The predicted octanol–water partition coefficient (Wildman–Crippen LogP) is 2.38. The van der Waals surface area contributed by atoms with E-state index in [-0.39, 0.29) is 11.3 Å². The number of benzene rings is 2. The van der Waals surface area contributed by atoms with Gasteiger partial charge in [-0.3, -0.25) is 4.55 Å². The summed E-state index contributed by atoms with van der Waals surface area (Å²) in [5, 5.41) is 16.7. The lowest BCUT2D eigenvalue weighted by Gasteiger charge is -2.10. The van der Waals surface area contributed by atoms with Crippen LogP contribution in [0, 0.1) is 5.53 Å². The van der Waals surface area contributed by atoms with Crippen LogP contribution in [0.3, 0.4) is 0 Å². The average molecular weight is 346 g/mol. The third-order valence-corrected chi connectivity index (χ3v) is 4.06. The average Bonchev–Trinajstić information content (AvgIpc) is 2.55. The van der Waals surface area contributed by atoms with Gasteiger partial charge in [-0.1, -0.05) is 6.07 Å². The van der Waals surface area contributed by atoms with E-state index in [1.54, 1.807) is 6.07 Å². The highest BCUT2D eigenvalue weighted by molar-refractivity contribution is 7.86. The Labute approximate surface area is 135 Å². The van der Waals surface area contributed by atoms with Gasteiger partial charge in [0.1, 0.15) is 23.2 Å². The lowest BCUT2D eigenvalue weighted by Crippen LogP contribution is -1.99. The van der Waals surface area contributed by atoms with Crippen LogP contribution in [0.15, 0.2) is 46.9 Å². The van der Waals surface area contributed by atoms with E-state index in [2.05, 4.69) is 25.4 Å². The number of hydrogen-bond acceptors (Lipinski definition) is 9. The van der Waals surface area contributed by atoms with Gasteiger partial charge in [0, 0.05) is 11.1 Å². The molecule has 0 fully saturated rings. The first-order valence-corrected chi connectivity index (χ1v) is 7.88. The van der Waals surface area contributed by atoms with Gasteiger partial charge in [-0.15, -0.1) is 0 Å². The Morgan fingerprint density at radius 3 is 2.50 bits per heavy atom. The van der Waals surface area contributed by atoms with E-state index in [1.807, 2.05) is 0 Å². The van der Waals surface area contributed by atoms with Crippen molar-refractivity contribution in [1.29, 1.82) is 5.53 Å². The summed E-state index contributed by atoms with van der Waals surface area (Å²) < 4.78 is 32.0. The molecule has 0 saturated carbocycles. The van der Waals surface area contributed by atoms with Crippen molar-refractivity contribution in [1.82, 2.24) is 15.0 Å². The lowest BCUT2D eigenvalue weighted by atomic mass is 10.1. The maximum Gasteiger partial charge on any atom is 0.296 e. The Morgan fingerprint density at radius 1 is 1.17 bits per heavy atom. The molecule has 4 N–H and O–H groups in total. The van der Waals surface area contributed by atoms with Gasteiger partial charge in [0.2, 0.25) is 5.95 Å². The Bertz CT molecular complexity index is 1040. The van der Waals surface area contributed by atoms with Gasteiger partial charge in [-0.25, -0.2) is 20.5 Å². The number of rotatable bonds is 4. The Kier molecular flexibility index (Phi) is 3.79. The highest BCUT2D eigenvalue weighted by atomic mass is 32.2. The van der Waals surface area contributed by atoms with Crippen LogP contribution in [0.4, 0.5) is 17.3 Å². The first-order valence-electron chi connectivity index (χ1n) is 6.44. The molecule has 0 radical (unpaired) electrons. The molecule has 11 heteroatoms. The van der Waals surface area contributed by atoms with Crippen molar-refractivity contribution >= 4 is 38.2 Å². The molecule has 0 spiro atoms. The molecule has 0 aliphatic rings. The predicted molar refractivity (Wildman–Crippen MR) is 83.3 cm³/mol. The van der Waals surface area contributed by atoms with Crippen molar-refractivity contribution < 1.29 is 18.1 Å². The van der Waals surface area contributed by atoms with Crippen LogP contribution in [0.2, 0.25) is 0 Å². The summed E-state index contributed by atoms with van der Waals surface area (Å²) in [5.74, 6) is -0.252. The number of phenolic OH excluding ortho intramolecular Hbond substituents is 1. The highest BCUT2D eigenvalue weighted by Gasteiger charge is 2.21. The second-order valence-corrected chi connectivity index (χ2v) is 6.07. The summed E-state index contributed by atoms with van der Waals surface area (Å²) in [4.78, 5) is 10.9. The summed E-state index contributed by atoms with van der Waals surface area (Å²) in [6.45, 7) is 0. The Morgan fingerprint density at radius 2 is 1.88 bits per heavy atom. The van der Waals surface area contributed by atoms with Gasteiger partial charge >= 0.3 is 0 Å². The van der Waals surface area contributed by atoms with Crippen molar-refractivity contribution in [2.45, 2.75) is 4.90 Å². The van der Waals surface area contributed by atoms with E-state index >= 15 is 0 Å². The standard InChI is InChI=1S/C13H10N6O4S/c14-19-11-10(24(21,22)23)3-7-1-2-8(4-9(7)12(11)20)18-13-16-5-15-6-17-13/h1-6,14,20H,(H,21,22,23)(H,15,16,17,18). The van der Waals surface area contributed by atoms with Gasteiger partial charge in [0.25, 0.3) is 10.1 Å². The van der Waals surface area contributed by atoms with Crippen LogP contribution in [-0.4, -0.2) is 33.0 Å². The highest BCUT2D eigenvalue weighted by Crippen LogP contribution is 2.41. The monoisotopic (exact) mass is 346 g/mol. The molecule has 24 heavy (non-hydrogen) atoms. The van der Waals surface area contributed by atoms with Gasteiger partial charge in [0.15, 0.2) is 5.75 Å². The smallest absolute Gasteiger partial charge is 0.296 e. The van der Waals surface area contributed by atoms with E-state index in [4.69, 9.17) is 5.53 Å². The fraction of sp³-hybridized carbons (Fsp3) is 0. The van der Waals surface area contributed by atoms with Crippen molar-refractivity contribution in [3.63, 3.8) is 0 Å². The SMILES string of the molecule is N=Nc1c(S(=O)(=O)O)cc2ccc(Nc3ncncn3)cc2c1O. The molecule has 0 unspecified atom stereocenters. The van der Waals surface area contributed by atoms with Crippen LogP contribution in [0.25, 0.3) is 10.8 Å². The topological polar surface area (TPSA) is 162 Å². The molecular formula is C13H10N6O4S. The molecule has 3 aromatic rings. The summed E-state index contributed by atoms with van der Waals surface area (Å²) in [7, 11) is -4.63. The number of aromatic hydroxyl groups is 1. The normalized spacial score (nSPS) is 11.4. The van der Waals surface area contributed by atoms with Crippen LogP contribution < -0.4 is 5.32 Å². The second-order valence-electron chi connectivity index (χ2n) is 4.68. The number of nitrogens with one attached hydrogen (secondary N) is 2. The zero-order valence-electron chi connectivity index (χ0n) is 11.9. The number of anilines is 2. The molecule has 0 amide bonds. The molecule has 0 aliphatic heterocycles. The minimum atomic E-state index is -4.63. The third-order valence-electron chi connectivity index (χ3n) is 3.19. The molecular weight excluding hydrogens is 336 g/mol. The van der Waals surface area contributed by atoms with E-state index in [9.17, 15) is 18.1 Å². The number of hydrogen-bond donors (Lipinski definition) is 4. The summed E-state index contributed by atoms with van der Waals surface area (Å²) in [5.41, 5.74) is 7.03. The Balaban J connectivity index is 2.17. The molecule has 122 valence electrons. The van der Waals surface area contributed by atoms with Gasteiger partial charge < -0.3 is 10.4 Å². The van der Waals surface area contributed by atoms with Crippen molar-refractivity contribution in [3.8, 4) is 5.75 Å². The largest absolute Gasteiger partial charge is 0.505 e. The lowest BCUT2D eigenvalue weighted by molar-refractivity contribution is 0.471. The van der Waals surface area contributed by atoms with Crippen LogP contribution in [0.5, 0.6) is 5.75 Å². The fourth-order valence-corrected chi connectivity index (χ4v) is 2.82. The third kappa shape index (κ3) is 2.85. The van der Waals surface area contributed by atoms with E-state index in [0.717, 1.165) is 6.07 Å². The molecule has 3 rings (SSSR count). The number of fused-ring (bicyclic) bond motifs is 1. The molecule has 0 saturated heterocycles. The van der Waals surface area contributed by atoms with Gasteiger partial charge in [-0.2, -0.15) is 13.5 Å². The second kappa shape index (κ2) is 5.79. The Hall–Kier alpha value is -3.18. The molecule has 0 atom stereocenters.